The number of nitrogens with one attached hydrogen (secondary N) is 2. The van der Waals surface area contributed by atoms with Crippen LogP contribution in [0, 0.1) is 5.82 Å². The fraction of sp³-hybridized carbons (Fsp3) is 0.278. The second kappa shape index (κ2) is 8.29. The van der Waals surface area contributed by atoms with Crippen LogP contribution in [0.15, 0.2) is 36.4 Å². The first kappa shape index (κ1) is 20.9. The third-order valence-corrected chi connectivity index (χ3v) is 5.71. The Morgan fingerprint density at radius 2 is 1.97 bits per heavy atom. The number of rotatable bonds is 7. The Balaban J connectivity index is 1.83. The van der Waals surface area contributed by atoms with E-state index in [2.05, 4.69) is 14.8 Å². The minimum absolute atomic E-state index is 0.00835. The van der Waals surface area contributed by atoms with Crippen LogP contribution >= 0.6 is 0 Å². The van der Waals surface area contributed by atoms with E-state index in [1.54, 1.807) is 12.1 Å². The lowest BCUT2D eigenvalue weighted by molar-refractivity contribution is -0.0499. The second-order valence-corrected chi connectivity index (χ2v) is 8.29. The number of fused-ring (bicyclic) bond motifs is 1. The molecule has 2 aromatic rings. The zero-order valence-corrected chi connectivity index (χ0v) is 16.1. The minimum atomic E-state index is -3.45. The van der Waals surface area contributed by atoms with E-state index in [4.69, 9.17) is 0 Å². The van der Waals surface area contributed by atoms with Crippen molar-refractivity contribution in [2.24, 2.45) is 0 Å². The summed E-state index contributed by atoms with van der Waals surface area (Å²) in [6, 6.07) is 7.95. The van der Waals surface area contributed by atoms with Crippen molar-refractivity contribution in [3.05, 3.63) is 47.8 Å². The summed E-state index contributed by atoms with van der Waals surface area (Å²) in [6.45, 7) is -2.98. The van der Waals surface area contributed by atoms with Crippen molar-refractivity contribution in [2.75, 3.05) is 31.3 Å². The lowest BCUT2D eigenvalue weighted by Crippen LogP contribution is -2.43. The van der Waals surface area contributed by atoms with Gasteiger partial charge in [0.15, 0.2) is 0 Å². The van der Waals surface area contributed by atoms with Gasteiger partial charge in [-0.1, -0.05) is 6.07 Å². The molecule has 0 unspecified atom stereocenters. The van der Waals surface area contributed by atoms with Gasteiger partial charge >= 0.3 is 6.61 Å². The smallest absolute Gasteiger partial charge is 0.387 e. The Hall–Kier alpha value is -2.79. The predicted octanol–water partition coefficient (Wildman–Crippen LogP) is 2.47. The molecule has 0 radical (unpaired) electrons. The molecule has 29 heavy (non-hydrogen) atoms. The molecule has 1 heterocycles. The third kappa shape index (κ3) is 4.98. The molecule has 156 valence electrons. The number of anilines is 1. The maximum absolute atomic E-state index is 13.8. The Bertz CT molecular complexity index is 1030. The highest BCUT2D eigenvalue weighted by atomic mass is 32.2. The van der Waals surface area contributed by atoms with E-state index in [0.717, 1.165) is 6.07 Å². The average molecular weight is 429 g/mol. The Labute approximate surface area is 165 Å². The molecule has 3 rings (SSSR count). The van der Waals surface area contributed by atoms with E-state index in [9.17, 15) is 26.4 Å². The number of amides is 1. The van der Waals surface area contributed by atoms with Gasteiger partial charge in [0.1, 0.15) is 11.6 Å². The van der Waals surface area contributed by atoms with Crippen molar-refractivity contribution in [3.63, 3.8) is 0 Å². The van der Waals surface area contributed by atoms with E-state index >= 15 is 0 Å². The molecule has 0 aliphatic carbocycles. The van der Waals surface area contributed by atoms with Gasteiger partial charge in [0.05, 0.1) is 18.0 Å². The molecule has 0 bridgehead atoms. The number of benzene rings is 2. The van der Waals surface area contributed by atoms with Crippen molar-refractivity contribution < 1.29 is 31.1 Å². The van der Waals surface area contributed by atoms with Gasteiger partial charge < -0.3 is 15.0 Å². The molecule has 0 atom stereocenters. The number of hydrogen-bond acceptors (Lipinski definition) is 5. The van der Waals surface area contributed by atoms with Gasteiger partial charge in [-0.15, -0.1) is 0 Å². The molecule has 2 N–H and O–H groups in total. The summed E-state index contributed by atoms with van der Waals surface area (Å²) in [6.07, 6.45) is 0. The van der Waals surface area contributed by atoms with E-state index < -0.39 is 22.5 Å². The molecular formula is C18H18F3N3O4S. The number of nitrogens with zero attached hydrogens (tertiary/aromatic N) is 1. The minimum Gasteiger partial charge on any atom is -0.435 e. The summed E-state index contributed by atoms with van der Waals surface area (Å²) in [5, 5.41) is 3.01. The van der Waals surface area contributed by atoms with Crippen LogP contribution < -0.4 is 14.8 Å². The zero-order chi connectivity index (χ0) is 21.2. The molecule has 0 saturated carbocycles. The van der Waals surface area contributed by atoms with Crippen LogP contribution in [0.1, 0.15) is 10.4 Å². The first-order valence-electron chi connectivity index (χ1n) is 8.53. The summed E-state index contributed by atoms with van der Waals surface area (Å²) in [5.41, 5.74) is 1.59. The summed E-state index contributed by atoms with van der Waals surface area (Å²) < 4.78 is 68.2. The van der Waals surface area contributed by atoms with Crippen molar-refractivity contribution in [1.29, 1.82) is 0 Å². The maximum Gasteiger partial charge on any atom is 0.387 e. The fourth-order valence-corrected chi connectivity index (χ4v) is 3.56. The number of alkyl halides is 2. The van der Waals surface area contributed by atoms with Gasteiger partial charge in [0, 0.05) is 18.3 Å². The highest BCUT2D eigenvalue weighted by Crippen LogP contribution is 2.31. The highest BCUT2D eigenvalue weighted by molar-refractivity contribution is 7.89. The molecule has 11 heteroatoms. The van der Waals surface area contributed by atoms with Crippen molar-refractivity contribution in [1.82, 2.24) is 9.62 Å². The van der Waals surface area contributed by atoms with Crippen LogP contribution in [-0.2, 0) is 10.0 Å². The molecule has 0 saturated heterocycles. The Morgan fingerprint density at radius 3 is 2.66 bits per heavy atom. The Kier molecular flexibility index (Phi) is 5.99. The van der Waals surface area contributed by atoms with Crippen LogP contribution in [-0.4, -0.2) is 51.9 Å². The van der Waals surface area contributed by atoms with Crippen LogP contribution in [0.25, 0.3) is 11.1 Å². The SMILES string of the molecule is CNS(=O)(=O)CCN1CNc2cc(-c3cc(F)cc(OC(F)F)c3)ccc2C1=O. The monoisotopic (exact) mass is 429 g/mol. The topological polar surface area (TPSA) is 87.7 Å². The average Bonchev–Trinajstić information content (AvgIpc) is 2.66. The van der Waals surface area contributed by atoms with E-state index in [1.165, 1.54) is 30.1 Å². The molecule has 1 aliphatic rings. The summed E-state index contributed by atoms with van der Waals surface area (Å²) >= 11 is 0. The maximum atomic E-state index is 13.8. The number of halogens is 3. The first-order chi connectivity index (χ1) is 13.7. The van der Waals surface area contributed by atoms with Gasteiger partial charge in [0.25, 0.3) is 5.91 Å². The molecule has 1 aliphatic heterocycles. The fourth-order valence-electron chi connectivity index (χ4n) is 2.89. The van der Waals surface area contributed by atoms with Crippen molar-refractivity contribution >= 4 is 21.6 Å². The molecule has 1 amide bonds. The first-order valence-corrected chi connectivity index (χ1v) is 10.2. The lowest BCUT2D eigenvalue weighted by atomic mass is 10.0. The second-order valence-electron chi connectivity index (χ2n) is 6.24. The van der Waals surface area contributed by atoms with Crippen LogP contribution in [0.4, 0.5) is 18.9 Å². The lowest BCUT2D eigenvalue weighted by Gasteiger charge is -2.30. The third-order valence-electron chi connectivity index (χ3n) is 4.37. The highest BCUT2D eigenvalue weighted by Gasteiger charge is 2.25. The number of carbonyl (C=O) groups excluding carboxylic acids is 1. The van der Waals surface area contributed by atoms with Gasteiger partial charge in [-0.2, -0.15) is 8.78 Å². The quantitative estimate of drug-likeness (QED) is 0.706. The number of hydrogen-bond donors (Lipinski definition) is 2. The summed E-state index contributed by atoms with van der Waals surface area (Å²) in [7, 11) is -2.15. The number of ether oxygens (including phenoxy) is 1. The van der Waals surface area contributed by atoms with E-state index in [-0.39, 0.29) is 30.6 Å². The van der Waals surface area contributed by atoms with Crippen LogP contribution in [0.2, 0.25) is 0 Å². The molecular weight excluding hydrogens is 411 g/mol. The van der Waals surface area contributed by atoms with Crippen molar-refractivity contribution in [2.45, 2.75) is 6.61 Å². The number of carbonyl (C=O) groups is 1. The van der Waals surface area contributed by atoms with Gasteiger partial charge in [-0.25, -0.2) is 17.5 Å². The van der Waals surface area contributed by atoms with E-state index in [1.807, 2.05) is 0 Å². The summed E-state index contributed by atoms with van der Waals surface area (Å²) in [5.74, 6) is -1.64. The molecule has 0 aromatic heterocycles. The molecule has 7 nitrogen and oxygen atoms in total. The molecule has 0 spiro atoms. The van der Waals surface area contributed by atoms with Crippen LogP contribution in [0.3, 0.4) is 0 Å². The predicted molar refractivity (Wildman–Crippen MR) is 101 cm³/mol. The van der Waals surface area contributed by atoms with Gasteiger partial charge in [0.2, 0.25) is 10.0 Å². The van der Waals surface area contributed by atoms with Gasteiger partial charge in [-0.3, -0.25) is 4.79 Å². The van der Waals surface area contributed by atoms with E-state index in [0.29, 0.717) is 22.4 Å². The molecule has 2 aromatic carbocycles. The van der Waals surface area contributed by atoms with Crippen LogP contribution in [0.5, 0.6) is 5.75 Å². The van der Waals surface area contributed by atoms with Gasteiger partial charge in [-0.05, 0) is 42.4 Å². The largest absolute Gasteiger partial charge is 0.435 e. The zero-order valence-electron chi connectivity index (χ0n) is 15.3. The Morgan fingerprint density at radius 1 is 1.21 bits per heavy atom. The summed E-state index contributed by atoms with van der Waals surface area (Å²) in [4.78, 5) is 14.0. The van der Waals surface area contributed by atoms with Crippen molar-refractivity contribution in [3.8, 4) is 16.9 Å². The molecule has 0 fully saturated rings. The standard InChI is InChI=1S/C18H18F3N3O4S/c1-22-29(26,27)5-4-24-10-23-16-8-11(2-3-15(16)17(24)25)12-6-13(19)9-14(7-12)28-18(20)21/h2-3,6-9,18,22-23H,4-5,10H2,1H3. The normalized spacial score (nSPS) is 14.0. The number of sulfonamides is 1.